The van der Waals surface area contributed by atoms with Crippen molar-refractivity contribution in [2.45, 2.75) is 38.9 Å². The number of benzene rings is 1. The van der Waals surface area contributed by atoms with Crippen LogP contribution in [0.5, 0.6) is 11.5 Å². The lowest BCUT2D eigenvalue weighted by Crippen LogP contribution is -2.48. The van der Waals surface area contributed by atoms with Gasteiger partial charge in [-0.25, -0.2) is 4.39 Å². The van der Waals surface area contributed by atoms with Crippen LogP contribution in [-0.4, -0.2) is 65.6 Å². The average molecular weight is 454 g/mol. The van der Waals surface area contributed by atoms with E-state index in [9.17, 15) is 9.18 Å². The molecule has 2 fully saturated rings. The molecule has 2 aromatic rings. The number of likely N-dealkylation sites (tertiary alicyclic amines) is 1. The zero-order valence-electron chi connectivity index (χ0n) is 19.3. The van der Waals surface area contributed by atoms with Crippen molar-refractivity contribution >= 4 is 12.0 Å². The minimum absolute atomic E-state index is 0.0295. The molecule has 2 aliphatic heterocycles. The number of rotatable bonds is 6. The SMILES string of the molecule is CC1CN(CC2CCN(C(=O)/C=C/c3ccc(Oc4cccnc4)c(F)c3)CC2)CC(C)O1. The maximum absolute atomic E-state index is 14.4. The molecule has 4 rings (SSSR count). The maximum atomic E-state index is 14.4. The highest BCUT2D eigenvalue weighted by atomic mass is 19.1. The van der Waals surface area contributed by atoms with Gasteiger partial charge in [0.25, 0.3) is 0 Å². The van der Waals surface area contributed by atoms with Crippen LogP contribution in [0.25, 0.3) is 6.08 Å². The van der Waals surface area contributed by atoms with Gasteiger partial charge in [0.1, 0.15) is 5.75 Å². The number of pyridine rings is 1. The molecule has 2 saturated heterocycles. The van der Waals surface area contributed by atoms with Gasteiger partial charge in [-0.1, -0.05) is 6.07 Å². The third-order valence-corrected chi connectivity index (χ3v) is 6.17. The van der Waals surface area contributed by atoms with Gasteiger partial charge in [-0.2, -0.15) is 0 Å². The highest BCUT2D eigenvalue weighted by Gasteiger charge is 2.27. The molecule has 2 unspecified atom stereocenters. The Hall–Kier alpha value is -2.77. The van der Waals surface area contributed by atoms with Crippen molar-refractivity contribution in [3.8, 4) is 11.5 Å². The molecule has 176 valence electrons. The van der Waals surface area contributed by atoms with Crippen LogP contribution in [0.4, 0.5) is 4.39 Å². The van der Waals surface area contributed by atoms with Gasteiger partial charge in [0.15, 0.2) is 11.6 Å². The number of hydrogen-bond donors (Lipinski definition) is 0. The Morgan fingerprint density at radius 2 is 1.97 bits per heavy atom. The van der Waals surface area contributed by atoms with Crippen molar-refractivity contribution in [1.82, 2.24) is 14.8 Å². The third kappa shape index (κ3) is 6.62. The number of aromatic nitrogens is 1. The number of nitrogens with zero attached hydrogens (tertiary/aromatic N) is 3. The molecule has 0 radical (unpaired) electrons. The molecular formula is C26H32FN3O3. The van der Waals surface area contributed by atoms with Crippen molar-refractivity contribution in [2.75, 3.05) is 32.7 Å². The van der Waals surface area contributed by atoms with Crippen molar-refractivity contribution in [1.29, 1.82) is 0 Å². The van der Waals surface area contributed by atoms with Crippen molar-refractivity contribution in [3.05, 3.63) is 60.2 Å². The summed E-state index contributed by atoms with van der Waals surface area (Å²) in [7, 11) is 0. The second-order valence-electron chi connectivity index (χ2n) is 9.06. The summed E-state index contributed by atoms with van der Waals surface area (Å²) in [4.78, 5) is 21.0. The standard InChI is InChI=1S/C26H32FN3O3/c1-19-16-29(17-20(2)32-19)18-22-9-12-30(13-10-22)26(31)8-6-21-5-7-25(24(27)14-21)33-23-4-3-11-28-15-23/h3-8,11,14-15,19-20,22H,9-10,12-13,16-18H2,1-2H3/b8-6+. The van der Waals surface area contributed by atoms with Crippen LogP contribution in [0.3, 0.4) is 0 Å². The van der Waals surface area contributed by atoms with E-state index in [1.54, 1.807) is 36.5 Å². The number of carbonyl (C=O) groups is 1. The molecule has 2 aliphatic rings. The van der Waals surface area contributed by atoms with Crippen LogP contribution >= 0.6 is 0 Å². The lowest BCUT2D eigenvalue weighted by atomic mass is 9.95. The van der Waals surface area contributed by atoms with Gasteiger partial charge in [-0.05, 0) is 68.5 Å². The van der Waals surface area contributed by atoms with E-state index in [0.29, 0.717) is 17.2 Å². The van der Waals surface area contributed by atoms with Gasteiger partial charge < -0.3 is 14.4 Å². The Morgan fingerprint density at radius 3 is 2.64 bits per heavy atom. The zero-order chi connectivity index (χ0) is 23.2. The fourth-order valence-electron chi connectivity index (χ4n) is 4.65. The van der Waals surface area contributed by atoms with E-state index < -0.39 is 5.82 Å². The zero-order valence-corrected chi connectivity index (χ0v) is 19.3. The molecule has 1 amide bonds. The highest BCUT2D eigenvalue weighted by molar-refractivity contribution is 5.91. The first-order valence-corrected chi connectivity index (χ1v) is 11.7. The number of ether oxygens (including phenoxy) is 2. The number of carbonyl (C=O) groups excluding carboxylic acids is 1. The molecule has 6 nitrogen and oxygen atoms in total. The summed E-state index contributed by atoms with van der Waals surface area (Å²) in [5.74, 6) is 0.685. The van der Waals surface area contributed by atoms with E-state index in [-0.39, 0.29) is 23.9 Å². The van der Waals surface area contributed by atoms with E-state index in [4.69, 9.17) is 9.47 Å². The van der Waals surface area contributed by atoms with Gasteiger partial charge in [-0.3, -0.25) is 14.7 Å². The van der Waals surface area contributed by atoms with E-state index in [2.05, 4.69) is 23.7 Å². The van der Waals surface area contributed by atoms with Crippen LogP contribution in [0.15, 0.2) is 48.8 Å². The summed E-state index contributed by atoms with van der Waals surface area (Å²) in [6.45, 7) is 8.81. The Morgan fingerprint density at radius 1 is 1.21 bits per heavy atom. The average Bonchev–Trinajstić information content (AvgIpc) is 2.79. The summed E-state index contributed by atoms with van der Waals surface area (Å²) in [5.41, 5.74) is 0.616. The van der Waals surface area contributed by atoms with Crippen LogP contribution in [0.1, 0.15) is 32.3 Å². The van der Waals surface area contributed by atoms with E-state index in [1.807, 2.05) is 4.90 Å². The normalized spacial score (nSPS) is 22.6. The van der Waals surface area contributed by atoms with Crippen molar-refractivity contribution in [3.63, 3.8) is 0 Å². The van der Waals surface area contributed by atoms with E-state index in [1.165, 1.54) is 18.3 Å². The largest absolute Gasteiger partial charge is 0.453 e. The summed E-state index contributed by atoms with van der Waals surface area (Å²) in [6, 6.07) is 8.10. The van der Waals surface area contributed by atoms with Crippen LogP contribution in [-0.2, 0) is 9.53 Å². The Kier molecular flexibility index (Phi) is 7.73. The predicted molar refractivity (Wildman–Crippen MR) is 125 cm³/mol. The van der Waals surface area contributed by atoms with Crippen molar-refractivity contribution < 1.29 is 18.7 Å². The van der Waals surface area contributed by atoms with Gasteiger partial charge in [0.2, 0.25) is 5.91 Å². The second kappa shape index (κ2) is 10.9. The van der Waals surface area contributed by atoms with Crippen LogP contribution in [0, 0.1) is 11.7 Å². The molecule has 0 N–H and O–H groups in total. The summed E-state index contributed by atoms with van der Waals surface area (Å²) in [6.07, 6.45) is 8.91. The number of amides is 1. The number of morpholine rings is 1. The molecule has 0 aliphatic carbocycles. The molecular weight excluding hydrogens is 421 g/mol. The summed E-state index contributed by atoms with van der Waals surface area (Å²) in [5, 5.41) is 0. The first kappa shape index (κ1) is 23.4. The first-order valence-electron chi connectivity index (χ1n) is 11.7. The number of piperidine rings is 1. The quantitative estimate of drug-likeness (QED) is 0.608. The topological polar surface area (TPSA) is 54.9 Å². The molecule has 7 heteroatoms. The summed E-state index contributed by atoms with van der Waals surface area (Å²) >= 11 is 0. The maximum Gasteiger partial charge on any atom is 0.246 e. The van der Waals surface area contributed by atoms with Gasteiger partial charge in [-0.15, -0.1) is 0 Å². The molecule has 1 aromatic carbocycles. The Labute approximate surface area is 195 Å². The smallest absolute Gasteiger partial charge is 0.246 e. The lowest BCUT2D eigenvalue weighted by molar-refractivity contribution is -0.127. The van der Waals surface area contributed by atoms with Crippen LogP contribution < -0.4 is 4.74 Å². The fraction of sp³-hybridized carbons (Fsp3) is 0.462. The van der Waals surface area contributed by atoms with Gasteiger partial charge in [0, 0.05) is 45.0 Å². The predicted octanol–water partition coefficient (Wildman–Crippen LogP) is 4.37. The molecule has 0 spiro atoms. The Balaban J connectivity index is 1.25. The first-order chi connectivity index (χ1) is 16.0. The molecule has 0 bridgehead atoms. The van der Waals surface area contributed by atoms with Crippen LogP contribution in [0.2, 0.25) is 0 Å². The highest BCUT2D eigenvalue weighted by Crippen LogP contribution is 2.25. The lowest BCUT2D eigenvalue weighted by Gasteiger charge is -2.39. The molecule has 1 aromatic heterocycles. The van der Waals surface area contributed by atoms with Gasteiger partial charge >= 0.3 is 0 Å². The molecule has 2 atom stereocenters. The molecule has 33 heavy (non-hydrogen) atoms. The minimum atomic E-state index is -0.485. The second-order valence-corrected chi connectivity index (χ2v) is 9.06. The van der Waals surface area contributed by atoms with E-state index >= 15 is 0 Å². The Bertz CT molecular complexity index is 951. The molecule has 0 saturated carbocycles. The summed E-state index contributed by atoms with van der Waals surface area (Å²) < 4.78 is 25.7. The third-order valence-electron chi connectivity index (χ3n) is 6.17. The fourth-order valence-corrected chi connectivity index (χ4v) is 4.65. The number of halogens is 1. The monoisotopic (exact) mass is 453 g/mol. The van der Waals surface area contributed by atoms with E-state index in [0.717, 1.165) is 45.6 Å². The van der Waals surface area contributed by atoms with Gasteiger partial charge in [0.05, 0.1) is 18.4 Å². The van der Waals surface area contributed by atoms with Crippen molar-refractivity contribution in [2.24, 2.45) is 5.92 Å². The number of hydrogen-bond acceptors (Lipinski definition) is 5. The molecule has 3 heterocycles. The minimum Gasteiger partial charge on any atom is -0.453 e.